The summed E-state index contributed by atoms with van der Waals surface area (Å²) >= 11 is 3.37. The Kier molecular flexibility index (Phi) is 5.46. The molecule has 0 heterocycles. The van der Waals surface area contributed by atoms with Gasteiger partial charge in [-0.2, -0.15) is 0 Å². The molecule has 1 fully saturated rings. The average Bonchev–Trinajstić information content (AvgIpc) is 3.16. The van der Waals surface area contributed by atoms with Crippen LogP contribution in [0.3, 0.4) is 0 Å². The van der Waals surface area contributed by atoms with Crippen molar-refractivity contribution in [2.75, 3.05) is 17.0 Å². The molecule has 0 bridgehead atoms. The van der Waals surface area contributed by atoms with Crippen molar-refractivity contribution < 1.29 is 8.42 Å². The van der Waals surface area contributed by atoms with Crippen LogP contribution >= 0.6 is 15.9 Å². The second-order valence-corrected chi connectivity index (χ2v) is 8.07. The standard InChI is InChI=1S/C14H21BrN2O2S/c1-11-10-12(15)4-7-14(11)17-20(18,19)9-3-2-8-16-13-5-6-13/h4,7,10,13,16-17H,2-3,5-6,8-9H2,1H3. The van der Waals surface area contributed by atoms with E-state index < -0.39 is 10.0 Å². The van der Waals surface area contributed by atoms with Gasteiger partial charge < -0.3 is 5.32 Å². The normalized spacial score (nSPS) is 15.3. The quantitative estimate of drug-likeness (QED) is 0.700. The number of halogens is 1. The molecule has 1 aliphatic carbocycles. The van der Waals surface area contributed by atoms with E-state index >= 15 is 0 Å². The molecule has 4 nitrogen and oxygen atoms in total. The molecule has 2 rings (SSSR count). The van der Waals surface area contributed by atoms with Gasteiger partial charge >= 0.3 is 0 Å². The number of anilines is 1. The van der Waals surface area contributed by atoms with E-state index in [1.54, 1.807) is 6.07 Å². The molecule has 1 aliphatic rings. The molecule has 0 spiro atoms. The van der Waals surface area contributed by atoms with Crippen LogP contribution in [-0.4, -0.2) is 26.8 Å². The van der Waals surface area contributed by atoms with Gasteiger partial charge in [0.25, 0.3) is 0 Å². The van der Waals surface area contributed by atoms with E-state index in [9.17, 15) is 8.42 Å². The first kappa shape index (κ1) is 15.8. The van der Waals surface area contributed by atoms with Gasteiger partial charge in [0.05, 0.1) is 11.4 Å². The van der Waals surface area contributed by atoms with Crippen molar-refractivity contribution in [1.82, 2.24) is 5.32 Å². The Morgan fingerprint density at radius 2 is 2.05 bits per heavy atom. The van der Waals surface area contributed by atoms with Crippen LogP contribution in [0.4, 0.5) is 5.69 Å². The van der Waals surface area contributed by atoms with E-state index in [-0.39, 0.29) is 5.75 Å². The van der Waals surface area contributed by atoms with E-state index in [2.05, 4.69) is 26.0 Å². The molecular formula is C14H21BrN2O2S. The maximum Gasteiger partial charge on any atom is 0.232 e. The number of rotatable bonds is 8. The largest absolute Gasteiger partial charge is 0.314 e. The Labute approximate surface area is 129 Å². The van der Waals surface area contributed by atoms with E-state index in [0.29, 0.717) is 18.2 Å². The third kappa shape index (κ3) is 5.42. The highest BCUT2D eigenvalue weighted by Gasteiger charge is 2.19. The van der Waals surface area contributed by atoms with Gasteiger partial charge in [0.2, 0.25) is 10.0 Å². The summed E-state index contributed by atoms with van der Waals surface area (Å²) in [5.74, 6) is 0.175. The number of benzene rings is 1. The molecule has 20 heavy (non-hydrogen) atoms. The first-order chi connectivity index (χ1) is 9.46. The van der Waals surface area contributed by atoms with Crippen molar-refractivity contribution in [3.05, 3.63) is 28.2 Å². The number of aryl methyl sites for hydroxylation is 1. The van der Waals surface area contributed by atoms with Crippen LogP contribution in [-0.2, 0) is 10.0 Å². The van der Waals surface area contributed by atoms with Gasteiger partial charge in [-0.15, -0.1) is 0 Å². The van der Waals surface area contributed by atoms with Crippen molar-refractivity contribution in [2.24, 2.45) is 0 Å². The fraction of sp³-hybridized carbons (Fsp3) is 0.571. The Hall–Kier alpha value is -0.590. The maximum atomic E-state index is 12.0. The van der Waals surface area contributed by atoms with Crippen LogP contribution in [0.25, 0.3) is 0 Å². The lowest BCUT2D eigenvalue weighted by Crippen LogP contribution is -2.20. The molecule has 112 valence electrons. The average molecular weight is 361 g/mol. The van der Waals surface area contributed by atoms with Crippen LogP contribution in [0.1, 0.15) is 31.2 Å². The SMILES string of the molecule is Cc1cc(Br)ccc1NS(=O)(=O)CCCCNC1CC1. The number of sulfonamides is 1. The molecule has 0 aliphatic heterocycles. The summed E-state index contributed by atoms with van der Waals surface area (Å²) < 4.78 is 27.6. The predicted octanol–water partition coefficient (Wildman–Crippen LogP) is 3.03. The van der Waals surface area contributed by atoms with Gasteiger partial charge in [-0.3, -0.25) is 4.72 Å². The van der Waals surface area contributed by atoms with Crippen molar-refractivity contribution >= 4 is 31.6 Å². The maximum absolute atomic E-state index is 12.0. The number of nitrogens with one attached hydrogen (secondary N) is 2. The molecular weight excluding hydrogens is 340 g/mol. The molecule has 0 aromatic heterocycles. The molecule has 1 saturated carbocycles. The molecule has 0 unspecified atom stereocenters. The molecule has 0 amide bonds. The third-order valence-corrected chi connectivity index (χ3v) is 5.15. The van der Waals surface area contributed by atoms with Gasteiger partial charge in [0.1, 0.15) is 0 Å². The first-order valence-electron chi connectivity index (χ1n) is 6.96. The Bertz CT molecular complexity index is 556. The van der Waals surface area contributed by atoms with Crippen LogP contribution in [0.5, 0.6) is 0 Å². The lowest BCUT2D eigenvalue weighted by molar-refractivity contribution is 0.591. The van der Waals surface area contributed by atoms with Gasteiger partial charge in [-0.1, -0.05) is 15.9 Å². The van der Waals surface area contributed by atoms with Crippen LogP contribution < -0.4 is 10.0 Å². The minimum absolute atomic E-state index is 0.175. The summed E-state index contributed by atoms with van der Waals surface area (Å²) in [5, 5.41) is 3.39. The minimum Gasteiger partial charge on any atom is -0.314 e. The molecule has 0 atom stereocenters. The number of hydrogen-bond acceptors (Lipinski definition) is 3. The Morgan fingerprint density at radius 3 is 2.70 bits per heavy atom. The van der Waals surface area contributed by atoms with Crippen molar-refractivity contribution in [3.8, 4) is 0 Å². The number of hydrogen-bond donors (Lipinski definition) is 2. The lowest BCUT2D eigenvalue weighted by Gasteiger charge is -2.11. The second-order valence-electron chi connectivity index (χ2n) is 5.32. The highest BCUT2D eigenvalue weighted by atomic mass is 79.9. The van der Waals surface area contributed by atoms with Crippen LogP contribution in [0, 0.1) is 6.92 Å². The third-order valence-electron chi connectivity index (χ3n) is 3.30. The predicted molar refractivity (Wildman–Crippen MR) is 86.5 cm³/mol. The van der Waals surface area contributed by atoms with E-state index in [0.717, 1.165) is 23.0 Å². The van der Waals surface area contributed by atoms with E-state index in [1.165, 1.54) is 12.8 Å². The lowest BCUT2D eigenvalue weighted by atomic mass is 10.2. The Morgan fingerprint density at radius 1 is 1.30 bits per heavy atom. The number of unbranched alkanes of at least 4 members (excludes halogenated alkanes) is 1. The summed E-state index contributed by atoms with van der Waals surface area (Å²) in [5.41, 5.74) is 1.57. The zero-order valence-corrected chi connectivity index (χ0v) is 14.1. The molecule has 1 aromatic carbocycles. The van der Waals surface area contributed by atoms with Gasteiger partial charge in [0.15, 0.2) is 0 Å². The van der Waals surface area contributed by atoms with E-state index in [4.69, 9.17) is 0 Å². The van der Waals surface area contributed by atoms with Crippen molar-refractivity contribution in [1.29, 1.82) is 0 Å². The van der Waals surface area contributed by atoms with E-state index in [1.807, 2.05) is 19.1 Å². The molecule has 2 N–H and O–H groups in total. The first-order valence-corrected chi connectivity index (χ1v) is 9.41. The zero-order chi connectivity index (χ0) is 14.6. The highest BCUT2D eigenvalue weighted by molar-refractivity contribution is 9.10. The van der Waals surface area contributed by atoms with Crippen LogP contribution in [0.15, 0.2) is 22.7 Å². The topological polar surface area (TPSA) is 58.2 Å². The molecule has 0 saturated heterocycles. The summed E-state index contributed by atoms with van der Waals surface area (Å²) in [6.45, 7) is 2.81. The minimum atomic E-state index is -3.25. The summed E-state index contributed by atoms with van der Waals surface area (Å²) in [7, 11) is -3.25. The van der Waals surface area contributed by atoms with Gasteiger partial charge in [-0.05, 0) is 62.9 Å². The molecule has 0 radical (unpaired) electrons. The molecule has 1 aromatic rings. The van der Waals surface area contributed by atoms with Gasteiger partial charge in [0, 0.05) is 10.5 Å². The summed E-state index contributed by atoms with van der Waals surface area (Å²) in [4.78, 5) is 0. The van der Waals surface area contributed by atoms with Crippen molar-refractivity contribution in [3.63, 3.8) is 0 Å². The van der Waals surface area contributed by atoms with Crippen LogP contribution in [0.2, 0.25) is 0 Å². The second kappa shape index (κ2) is 6.91. The fourth-order valence-electron chi connectivity index (χ4n) is 1.97. The zero-order valence-electron chi connectivity index (χ0n) is 11.7. The van der Waals surface area contributed by atoms with Gasteiger partial charge in [-0.25, -0.2) is 8.42 Å². The fourth-order valence-corrected chi connectivity index (χ4v) is 3.70. The van der Waals surface area contributed by atoms with Crippen molar-refractivity contribution in [2.45, 2.75) is 38.6 Å². The molecule has 6 heteroatoms. The Balaban J connectivity index is 1.77. The summed E-state index contributed by atoms with van der Waals surface area (Å²) in [6, 6.07) is 6.21. The summed E-state index contributed by atoms with van der Waals surface area (Å²) in [6.07, 6.45) is 4.12. The smallest absolute Gasteiger partial charge is 0.232 e. The highest BCUT2D eigenvalue weighted by Crippen LogP contribution is 2.21. The monoisotopic (exact) mass is 360 g/mol.